The number of alkyl halides is 4. The smallest absolute Gasteiger partial charge is 0.349 e. The van der Waals surface area contributed by atoms with Gasteiger partial charge in [0.15, 0.2) is 0 Å². The zero-order valence-corrected chi connectivity index (χ0v) is 12.2. The van der Waals surface area contributed by atoms with E-state index in [9.17, 15) is 18.0 Å². The minimum Gasteiger partial charge on any atom is -0.349 e. The normalized spacial score (nSPS) is 14.8. The zero-order valence-electron chi connectivity index (χ0n) is 10.6. The van der Waals surface area contributed by atoms with E-state index in [-0.39, 0.29) is 17.5 Å². The first-order valence-corrected chi connectivity index (χ1v) is 6.92. The van der Waals surface area contributed by atoms with Crippen LogP contribution in [-0.4, -0.2) is 17.3 Å². The predicted octanol–water partition coefficient (Wildman–Crippen LogP) is 3.85. The molecule has 2 atom stereocenters. The number of halogens is 4. The maximum absolute atomic E-state index is 12.8. The molecule has 0 aromatic heterocycles. The van der Waals surface area contributed by atoms with E-state index in [1.54, 1.807) is 6.92 Å². The molecule has 1 aromatic rings. The topological polar surface area (TPSA) is 29.1 Å². The second kappa shape index (κ2) is 6.41. The van der Waals surface area contributed by atoms with Gasteiger partial charge in [-0.1, -0.05) is 35.0 Å². The van der Waals surface area contributed by atoms with E-state index in [1.165, 1.54) is 18.2 Å². The molecular formula is C13H15BrF3NO. The Morgan fingerprint density at radius 1 is 1.32 bits per heavy atom. The number of rotatable bonds is 4. The molecule has 6 heteroatoms. The summed E-state index contributed by atoms with van der Waals surface area (Å²) in [7, 11) is 0. The van der Waals surface area contributed by atoms with Crippen LogP contribution in [0.2, 0.25) is 0 Å². The molecule has 0 aliphatic heterocycles. The first-order chi connectivity index (χ1) is 8.77. The Balaban J connectivity index is 2.95. The highest BCUT2D eigenvalue weighted by Crippen LogP contribution is 2.31. The van der Waals surface area contributed by atoms with Gasteiger partial charge in [0.25, 0.3) is 5.91 Å². The number of carbonyl (C=O) groups is 1. The summed E-state index contributed by atoms with van der Waals surface area (Å²) >= 11 is 3.28. The molecule has 0 aliphatic carbocycles. The lowest BCUT2D eigenvalue weighted by atomic mass is 10.0. The summed E-state index contributed by atoms with van der Waals surface area (Å²) in [5, 5.41) is 3.25. The lowest BCUT2D eigenvalue weighted by Crippen LogP contribution is -2.38. The van der Waals surface area contributed by atoms with E-state index in [4.69, 9.17) is 0 Å². The fourth-order valence-electron chi connectivity index (χ4n) is 1.49. The monoisotopic (exact) mass is 337 g/mol. The van der Waals surface area contributed by atoms with Gasteiger partial charge in [-0.2, -0.15) is 13.2 Å². The highest BCUT2D eigenvalue weighted by atomic mass is 79.9. The summed E-state index contributed by atoms with van der Waals surface area (Å²) in [6.07, 6.45) is -4.53. The van der Waals surface area contributed by atoms with Crippen molar-refractivity contribution in [2.75, 3.05) is 5.33 Å². The molecule has 0 radical (unpaired) electrons. The van der Waals surface area contributed by atoms with Crippen LogP contribution in [-0.2, 0) is 6.18 Å². The minimum absolute atomic E-state index is 0.127. The molecule has 0 heterocycles. The summed E-state index contributed by atoms with van der Waals surface area (Å²) in [5.41, 5.74) is -1.25. The molecule has 0 bridgehead atoms. The molecule has 106 valence electrons. The van der Waals surface area contributed by atoms with Crippen molar-refractivity contribution in [2.24, 2.45) is 5.92 Å². The van der Waals surface area contributed by atoms with Gasteiger partial charge in [-0.15, -0.1) is 0 Å². The van der Waals surface area contributed by atoms with Gasteiger partial charge in [0.2, 0.25) is 0 Å². The molecule has 2 nitrogen and oxygen atoms in total. The number of benzene rings is 1. The van der Waals surface area contributed by atoms with Gasteiger partial charge in [-0.3, -0.25) is 4.79 Å². The number of nitrogens with one attached hydrogen (secondary N) is 1. The van der Waals surface area contributed by atoms with Gasteiger partial charge in [-0.05, 0) is 25.0 Å². The van der Waals surface area contributed by atoms with Crippen LogP contribution < -0.4 is 5.32 Å². The molecular weight excluding hydrogens is 323 g/mol. The van der Waals surface area contributed by atoms with Gasteiger partial charge < -0.3 is 5.32 Å². The fourth-order valence-corrected chi connectivity index (χ4v) is 2.05. The minimum atomic E-state index is -4.53. The molecule has 0 fully saturated rings. The second-order valence-corrected chi connectivity index (χ2v) is 5.08. The molecule has 0 saturated carbocycles. The first-order valence-electron chi connectivity index (χ1n) is 5.80. The largest absolute Gasteiger partial charge is 0.417 e. The van der Waals surface area contributed by atoms with Crippen LogP contribution in [0.3, 0.4) is 0 Å². The Morgan fingerprint density at radius 3 is 2.42 bits per heavy atom. The van der Waals surface area contributed by atoms with E-state index in [2.05, 4.69) is 21.2 Å². The zero-order chi connectivity index (χ0) is 14.6. The average Bonchev–Trinajstić information content (AvgIpc) is 2.36. The molecule has 0 saturated heterocycles. The van der Waals surface area contributed by atoms with Crippen LogP contribution >= 0.6 is 15.9 Å². The van der Waals surface area contributed by atoms with Crippen molar-refractivity contribution in [1.29, 1.82) is 0 Å². The third-order valence-electron chi connectivity index (χ3n) is 2.93. The molecule has 0 aliphatic rings. The summed E-state index contributed by atoms with van der Waals surface area (Å²) in [5.74, 6) is -0.574. The van der Waals surface area contributed by atoms with E-state index in [0.717, 1.165) is 6.07 Å². The lowest BCUT2D eigenvalue weighted by molar-refractivity contribution is -0.137. The van der Waals surface area contributed by atoms with E-state index in [1.807, 2.05) is 6.92 Å². The van der Waals surface area contributed by atoms with E-state index in [0.29, 0.717) is 5.33 Å². The van der Waals surface area contributed by atoms with Gasteiger partial charge in [0.1, 0.15) is 0 Å². The van der Waals surface area contributed by atoms with E-state index < -0.39 is 17.6 Å². The van der Waals surface area contributed by atoms with Crippen LogP contribution in [0.1, 0.15) is 29.8 Å². The van der Waals surface area contributed by atoms with Crippen molar-refractivity contribution in [3.05, 3.63) is 35.4 Å². The van der Waals surface area contributed by atoms with Crippen molar-refractivity contribution in [3.8, 4) is 0 Å². The maximum Gasteiger partial charge on any atom is 0.417 e. The Labute approximate surface area is 118 Å². The maximum atomic E-state index is 12.8. The lowest BCUT2D eigenvalue weighted by Gasteiger charge is -2.20. The van der Waals surface area contributed by atoms with Crippen molar-refractivity contribution < 1.29 is 18.0 Å². The predicted molar refractivity (Wildman–Crippen MR) is 71.3 cm³/mol. The second-order valence-electron chi connectivity index (χ2n) is 4.44. The van der Waals surface area contributed by atoms with Gasteiger partial charge in [0.05, 0.1) is 11.1 Å². The summed E-state index contributed by atoms with van der Waals surface area (Å²) in [6.45, 7) is 3.66. The van der Waals surface area contributed by atoms with Crippen LogP contribution in [0.5, 0.6) is 0 Å². The summed E-state index contributed by atoms with van der Waals surface area (Å²) < 4.78 is 38.4. The fraction of sp³-hybridized carbons (Fsp3) is 0.462. The highest BCUT2D eigenvalue weighted by Gasteiger charge is 2.35. The number of hydrogen-bond donors (Lipinski definition) is 1. The quantitative estimate of drug-likeness (QED) is 0.830. The van der Waals surface area contributed by atoms with E-state index >= 15 is 0 Å². The molecule has 0 spiro atoms. The molecule has 19 heavy (non-hydrogen) atoms. The third kappa shape index (κ3) is 4.23. The Kier molecular flexibility index (Phi) is 5.40. The van der Waals surface area contributed by atoms with Crippen molar-refractivity contribution >= 4 is 21.8 Å². The third-order valence-corrected chi connectivity index (χ3v) is 3.95. The van der Waals surface area contributed by atoms with Crippen LogP contribution in [0.4, 0.5) is 13.2 Å². The number of hydrogen-bond acceptors (Lipinski definition) is 1. The van der Waals surface area contributed by atoms with Crippen molar-refractivity contribution in [3.63, 3.8) is 0 Å². The highest BCUT2D eigenvalue weighted by molar-refractivity contribution is 9.09. The standard InChI is InChI=1S/C13H15BrF3NO/c1-8(7-14)9(2)18-12(19)10-5-3-4-6-11(10)13(15,16)17/h3-6,8-9H,7H2,1-2H3,(H,18,19). The van der Waals surface area contributed by atoms with Crippen molar-refractivity contribution in [2.45, 2.75) is 26.1 Å². The SMILES string of the molecule is CC(CBr)C(C)NC(=O)c1ccccc1C(F)(F)F. The van der Waals surface area contributed by atoms with Crippen LogP contribution in [0.15, 0.2) is 24.3 Å². The first kappa shape index (κ1) is 16.0. The molecule has 1 aromatic carbocycles. The molecule has 1 rings (SSSR count). The Bertz CT molecular complexity index is 448. The summed E-state index contributed by atoms with van der Waals surface area (Å²) in [4.78, 5) is 11.9. The van der Waals surface area contributed by atoms with Crippen molar-refractivity contribution in [1.82, 2.24) is 5.32 Å². The van der Waals surface area contributed by atoms with Crippen LogP contribution in [0.25, 0.3) is 0 Å². The average molecular weight is 338 g/mol. The molecule has 2 unspecified atom stereocenters. The van der Waals surface area contributed by atoms with Crippen LogP contribution in [0, 0.1) is 5.92 Å². The van der Waals surface area contributed by atoms with Gasteiger partial charge in [0, 0.05) is 11.4 Å². The molecule has 1 amide bonds. The number of carbonyl (C=O) groups excluding carboxylic acids is 1. The van der Waals surface area contributed by atoms with Gasteiger partial charge in [-0.25, -0.2) is 0 Å². The van der Waals surface area contributed by atoms with Gasteiger partial charge >= 0.3 is 6.18 Å². The Hall–Kier alpha value is -1.04. The molecule has 1 N–H and O–H groups in total. The summed E-state index contributed by atoms with van der Waals surface area (Å²) in [6, 6.07) is 4.57. The number of amides is 1. The Morgan fingerprint density at radius 2 is 1.89 bits per heavy atom.